The first kappa shape index (κ1) is 49.5. The van der Waals surface area contributed by atoms with Crippen molar-refractivity contribution in [2.24, 2.45) is 0 Å². The summed E-state index contributed by atoms with van der Waals surface area (Å²) in [5, 5.41) is 0. The van der Waals surface area contributed by atoms with E-state index in [1.807, 2.05) is 97.1 Å². The zero-order chi connectivity index (χ0) is 53.0. The van der Waals surface area contributed by atoms with Crippen LogP contribution in [0, 0.1) is 0 Å². The van der Waals surface area contributed by atoms with Gasteiger partial charge in [0.25, 0.3) is 0 Å². The number of hydrogen-bond acceptors (Lipinski definition) is 6. The van der Waals surface area contributed by atoms with Crippen LogP contribution < -0.4 is 8.37 Å². The Bertz CT molecular complexity index is 3730. The first-order chi connectivity index (χ1) is 36.4. The number of halogens is 6. The van der Waals surface area contributed by atoms with Gasteiger partial charge in [-0.25, -0.2) is 0 Å². The van der Waals surface area contributed by atoms with E-state index in [1.54, 1.807) is 24.3 Å². The molecule has 0 saturated heterocycles. The monoisotopic (exact) mass is 1060 g/mol. The lowest BCUT2D eigenvalue weighted by atomic mass is 9.94. The van der Waals surface area contributed by atoms with Gasteiger partial charge in [0, 0.05) is 11.1 Å². The highest BCUT2D eigenvalue weighted by molar-refractivity contribution is 7.88. The second-order valence-corrected chi connectivity index (χ2v) is 21.1. The molecular formula is C62H38F6O6S2. The van der Waals surface area contributed by atoms with E-state index in [0.29, 0.717) is 34.4 Å². The maximum Gasteiger partial charge on any atom is 0.534 e. The molecule has 10 aromatic carbocycles. The zero-order valence-electron chi connectivity index (χ0n) is 39.5. The van der Waals surface area contributed by atoms with Gasteiger partial charge < -0.3 is 8.37 Å². The van der Waals surface area contributed by atoms with Crippen LogP contribution in [0.25, 0.3) is 111 Å². The Labute approximate surface area is 434 Å². The van der Waals surface area contributed by atoms with Crippen molar-refractivity contribution in [2.75, 3.05) is 0 Å². The molecule has 0 unspecified atom stereocenters. The van der Waals surface area contributed by atoms with Gasteiger partial charge in [0.2, 0.25) is 0 Å². The molecule has 0 radical (unpaired) electrons. The van der Waals surface area contributed by atoms with E-state index in [9.17, 15) is 43.2 Å². The third kappa shape index (κ3) is 9.87. The lowest BCUT2D eigenvalue weighted by molar-refractivity contribution is -0.0505. The molecule has 0 spiro atoms. The van der Waals surface area contributed by atoms with E-state index < -0.39 is 53.9 Å². The van der Waals surface area contributed by atoms with E-state index in [1.165, 1.54) is 24.3 Å². The van der Waals surface area contributed by atoms with Crippen LogP contribution in [0.1, 0.15) is 0 Å². The van der Waals surface area contributed by atoms with Crippen LogP contribution in [0.5, 0.6) is 11.5 Å². The predicted octanol–water partition coefficient (Wildman–Crippen LogP) is 17.1. The summed E-state index contributed by atoms with van der Waals surface area (Å²) in [5.41, 5.74) is 1.90. The fourth-order valence-electron chi connectivity index (χ4n) is 9.15. The molecule has 20 bridgehead atoms. The summed E-state index contributed by atoms with van der Waals surface area (Å²) in [6.45, 7) is 0. The summed E-state index contributed by atoms with van der Waals surface area (Å²) in [6, 6.07) is 69.7. The third-order valence-corrected chi connectivity index (χ3v) is 15.2. The van der Waals surface area contributed by atoms with Gasteiger partial charge in [0.1, 0.15) is 0 Å². The Morgan fingerprint density at radius 3 is 0.461 bits per heavy atom. The van der Waals surface area contributed by atoms with Crippen LogP contribution in [0.15, 0.2) is 231 Å². The van der Waals surface area contributed by atoms with Gasteiger partial charge >= 0.3 is 31.3 Å². The van der Waals surface area contributed by atoms with Crippen molar-refractivity contribution in [1.29, 1.82) is 0 Å². The van der Waals surface area contributed by atoms with Gasteiger partial charge in [-0.3, -0.25) is 0 Å². The topological polar surface area (TPSA) is 86.7 Å². The quantitative estimate of drug-likeness (QED) is 0.0991. The number of alkyl halides is 6. The fourth-order valence-corrected chi connectivity index (χ4v) is 10.1. The SMILES string of the molecule is O=S(=O)(Oc1cc2c(OS(=O)(=O)C(F)(F)F)cc1-c1ccc(cc1)-c1ccc(cc1)-c1ccc(cc1)-c1ccc(cc1)-c1ccc(cc1)-c1ccc(cc1)-c1ccc(cc1)-c1ccc(cc1)-c1ccc-2cc1)C(F)(F)F. The zero-order valence-corrected chi connectivity index (χ0v) is 41.1. The molecule has 38 rings (SSSR count). The first-order valence-corrected chi connectivity index (χ1v) is 26.3. The second-order valence-electron chi connectivity index (χ2n) is 18.0. The Morgan fingerprint density at radius 2 is 0.342 bits per heavy atom. The molecule has 0 amide bonds. The third-order valence-electron chi connectivity index (χ3n) is 13.3. The van der Waals surface area contributed by atoms with Gasteiger partial charge in [-0.15, -0.1) is 0 Å². The van der Waals surface area contributed by atoms with Gasteiger partial charge in [0.05, 0.1) is 0 Å². The molecule has 0 N–H and O–H groups in total. The van der Waals surface area contributed by atoms with Crippen molar-refractivity contribution in [1.82, 2.24) is 0 Å². The van der Waals surface area contributed by atoms with E-state index >= 15 is 0 Å². The Balaban J connectivity index is 0.995. The normalized spacial score (nSPS) is 12.3. The number of rotatable bonds is 4. The minimum absolute atomic E-state index is 0.0454. The van der Waals surface area contributed by atoms with Crippen molar-refractivity contribution < 1.29 is 51.5 Å². The van der Waals surface area contributed by atoms with Crippen LogP contribution >= 0.6 is 0 Å². The van der Waals surface area contributed by atoms with Gasteiger partial charge in [-0.2, -0.15) is 43.2 Å². The minimum Gasteiger partial charge on any atom is -0.375 e. The van der Waals surface area contributed by atoms with Crippen molar-refractivity contribution in [2.45, 2.75) is 11.0 Å². The van der Waals surface area contributed by atoms with Crippen LogP contribution in [-0.4, -0.2) is 27.9 Å². The van der Waals surface area contributed by atoms with Crippen molar-refractivity contribution in [3.8, 4) is 123 Å². The maximum atomic E-state index is 13.9. The molecule has 376 valence electrons. The summed E-state index contributed by atoms with van der Waals surface area (Å²) in [5.74, 6) is -1.93. The lowest BCUT2D eigenvalue weighted by Gasteiger charge is -2.19. The van der Waals surface area contributed by atoms with E-state index in [2.05, 4.69) is 81.2 Å². The highest BCUT2D eigenvalue weighted by atomic mass is 32.2. The van der Waals surface area contributed by atoms with Crippen LogP contribution in [0.4, 0.5) is 26.3 Å². The molecule has 28 aliphatic rings. The van der Waals surface area contributed by atoms with Gasteiger partial charge in [-0.1, -0.05) is 218 Å². The summed E-state index contributed by atoms with van der Waals surface area (Å²) in [6.07, 6.45) is 0. The lowest BCUT2D eigenvalue weighted by Crippen LogP contribution is -2.29. The van der Waals surface area contributed by atoms with E-state index in [0.717, 1.165) is 66.8 Å². The average molecular weight is 1060 g/mol. The largest absolute Gasteiger partial charge is 0.534 e. The average Bonchev–Trinajstić information content (AvgIpc) is 3.44. The van der Waals surface area contributed by atoms with Crippen molar-refractivity contribution in [3.05, 3.63) is 231 Å². The van der Waals surface area contributed by atoms with Gasteiger partial charge in [0.15, 0.2) is 11.5 Å². The smallest absolute Gasteiger partial charge is 0.375 e. The Morgan fingerprint density at radius 1 is 0.224 bits per heavy atom. The molecule has 0 aromatic heterocycles. The highest BCUT2D eigenvalue weighted by Crippen LogP contribution is 2.45. The summed E-state index contributed by atoms with van der Waals surface area (Å²) in [7, 11) is -12.8. The predicted molar refractivity (Wildman–Crippen MR) is 286 cm³/mol. The van der Waals surface area contributed by atoms with E-state index in [4.69, 9.17) is 0 Å². The van der Waals surface area contributed by atoms with Crippen molar-refractivity contribution >= 4 is 20.2 Å². The maximum absolute atomic E-state index is 13.9. The summed E-state index contributed by atoms with van der Waals surface area (Å²) in [4.78, 5) is 0. The molecule has 28 aliphatic carbocycles. The molecule has 0 fully saturated rings. The van der Waals surface area contributed by atoms with Crippen LogP contribution in [0.3, 0.4) is 0 Å². The molecule has 0 saturated carbocycles. The molecule has 6 nitrogen and oxygen atoms in total. The summed E-state index contributed by atoms with van der Waals surface area (Å²) < 4.78 is 143. The second kappa shape index (κ2) is 19.2. The molecule has 0 aliphatic heterocycles. The van der Waals surface area contributed by atoms with Crippen molar-refractivity contribution in [3.63, 3.8) is 0 Å². The van der Waals surface area contributed by atoms with Crippen LogP contribution in [-0.2, 0) is 20.2 Å². The summed E-state index contributed by atoms with van der Waals surface area (Å²) >= 11 is 0. The molecule has 0 atom stereocenters. The molecule has 10 aromatic rings. The molecular weight excluding hydrogens is 1020 g/mol. The molecule has 76 heavy (non-hydrogen) atoms. The number of hydrogen-bond donors (Lipinski definition) is 0. The van der Waals surface area contributed by atoms with Crippen LogP contribution in [0.2, 0.25) is 0 Å². The highest BCUT2D eigenvalue weighted by Gasteiger charge is 2.50. The fraction of sp³-hybridized carbons (Fsp3) is 0.0323. The minimum atomic E-state index is -6.38. The first-order valence-electron chi connectivity index (χ1n) is 23.5. The Kier molecular flexibility index (Phi) is 12.5. The number of benzene rings is 10. The van der Waals surface area contributed by atoms with Gasteiger partial charge in [-0.05, 0) is 112 Å². The standard InChI is InChI=1S/C62H38F6O6S2/c63-61(64,65)75(69,70)73-59-38-58-56-35-31-54(32-36-56)52-27-23-50(24-28-52)48-19-15-46(16-20-48)44-11-7-42(8-12-44)40-2-1-39(3-4-40)41-5-9-43(10-6-41)45-13-17-47(18-14-45)49-21-25-51(26-22-49)53-29-33-55(34-30-53)57(59)37-60(58)74-76(71,72)62(66,67)68/h1-38H. The molecule has 0 heterocycles. The molecule has 14 heteroatoms. The van der Waals surface area contributed by atoms with E-state index in [-0.39, 0.29) is 11.1 Å². The Hall–Kier alpha value is -8.72.